The molecule has 0 saturated carbocycles. The Hall–Kier alpha value is -3.09. The van der Waals surface area contributed by atoms with Crippen LogP contribution in [0.1, 0.15) is 32.3 Å². The molecule has 30 heavy (non-hydrogen) atoms. The van der Waals surface area contributed by atoms with Crippen molar-refractivity contribution in [3.8, 4) is 11.5 Å². The van der Waals surface area contributed by atoms with Gasteiger partial charge in [0.1, 0.15) is 23.4 Å². The number of unbranched alkanes of at least 4 members (excludes halogenated alkanes) is 1. The summed E-state index contributed by atoms with van der Waals surface area (Å²) in [7, 11) is 1.58. The molecule has 2 aromatic rings. The van der Waals surface area contributed by atoms with Gasteiger partial charge in [0.25, 0.3) is 5.91 Å². The van der Waals surface area contributed by atoms with Gasteiger partial charge in [-0.15, -0.1) is 0 Å². The highest BCUT2D eigenvalue weighted by Gasteiger charge is 2.26. The number of hydrogen-bond donors (Lipinski definition) is 1. The molecule has 6 nitrogen and oxygen atoms in total. The van der Waals surface area contributed by atoms with Crippen molar-refractivity contribution in [2.45, 2.75) is 39.3 Å². The second kappa shape index (κ2) is 11.8. The topological polar surface area (TPSA) is 67.9 Å². The molecule has 2 aromatic carbocycles. The number of carbonyl (C=O) groups is 2. The lowest BCUT2D eigenvalue weighted by Gasteiger charge is -2.28. The lowest BCUT2D eigenvalue weighted by molar-refractivity contribution is -0.142. The van der Waals surface area contributed by atoms with E-state index in [0.717, 1.165) is 18.4 Å². The van der Waals surface area contributed by atoms with Gasteiger partial charge in [0.2, 0.25) is 5.91 Å². The van der Waals surface area contributed by atoms with Crippen molar-refractivity contribution in [1.82, 2.24) is 10.2 Å². The number of amides is 2. The number of ether oxygens (including phenoxy) is 2. The van der Waals surface area contributed by atoms with Gasteiger partial charge < -0.3 is 19.7 Å². The standard InChI is InChI=1S/C23H29FN2O4/c1-4-5-14-25-23(28)17(2)26(15-18-6-10-20(29-3)11-7-18)22(27)16-30-21-12-8-19(24)9-13-21/h6-13,17H,4-5,14-16H2,1-3H3,(H,25,28)/t17-/m0/s1. The van der Waals surface area contributed by atoms with Gasteiger partial charge in [0, 0.05) is 13.1 Å². The fourth-order valence-electron chi connectivity index (χ4n) is 2.81. The molecule has 0 radical (unpaired) electrons. The van der Waals surface area contributed by atoms with Crippen LogP contribution < -0.4 is 14.8 Å². The Balaban J connectivity index is 2.10. The first-order valence-electron chi connectivity index (χ1n) is 10.0. The minimum absolute atomic E-state index is 0.216. The number of nitrogens with zero attached hydrogens (tertiary/aromatic N) is 1. The molecule has 0 bridgehead atoms. The molecule has 2 rings (SSSR count). The number of nitrogens with one attached hydrogen (secondary N) is 1. The average Bonchev–Trinajstić information content (AvgIpc) is 2.77. The Morgan fingerprint density at radius 2 is 1.70 bits per heavy atom. The van der Waals surface area contributed by atoms with E-state index in [-0.39, 0.29) is 30.8 Å². The number of methoxy groups -OCH3 is 1. The molecule has 0 aliphatic rings. The lowest BCUT2D eigenvalue weighted by Crippen LogP contribution is -2.49. The summed E-state index contributed by atoms with van der Waals surface area (Å²) in [6.45, 7) is 4.30. The van der Waals surface area contributed by atoms with Gasteiger partial charge >= 0.3 is 0 Å². The van der Waals surface area contributed by atoms with Gasteiger partial charge in [-0.1, -0.05) is 25.5 Å². The van der Waals surface area contributed by atoms with E-state index in [1.54, 1.807) is 26.2 Å². The first-order valence-corrected chi connectivity index (χ1v) is 10.0. The summed E-state index contributed by atoms with van der Waals surface area (Å²) in [5.41, 5.74) is 0.860. The monoisotopic (exact) mass is 416 g/mol. The fraction of sp³-hybridized carbons (Fsp3) is 0.391. The van der Waals surface area contributed by atoms with Crippen molar-refractivity contribution in [2.75, 3.05) is 20.3 Å². The van der Waals surface area contributed by atoms with Crippen LogP contribution in [-0.2, 0) is 16.1 Å². The Kier molecular flexibility index (Phi) is 9.12. The largest absolute Gasteiger partial charge is 0.497 e. The van der Waals surface area contributed by atoms with E-state index in [1.165, 1.54) is 29.2 Å². The number of hydrogen-bond acceptors (Lipinski definition) is 4. The Morgan fingerprint density at radius 1 is 1.07 bits per heavy atom. The summed E-state index contributed by atoms with van der Waals surface area (Å²) in [5, 5.41) is 2.87. The molecule has 0 heterocycles. The molecule has 1 atom stereocenters. The van der Waals surface area contributed by atoms with Crippen LogP contribution in [0.5, 0.6) is 11.5 Å². The highest BCUT2D eigenvalue weighted by molar-refractivity contribution is 5.87. The normalized spacial score (nSPS) is 11.5. The van der Waals surface area contributed by atoms with Gasteiger partial charge in [-0.2, -0.15) is 0 Å². The Morgan fingerprint density at radius 3 is 2.30 bits per heavy atom. The van der Waals surface area contributed by atoms with E-state index in [0.29, 0.717) is 18.0 Å². The summed E-state index contributed by atoms with van der Waals surface area (Å²) in [5.74, 6) is 0.156. The number of rotatable bonds is 11. The smallest absolute Gasteiger partial charge is 0.261 e. The van der Waals surface area contributed by atoms with Crippen LogP contribution in [0.15, 0.2) is 48.5 Å². The maximum Gasteiger partial charge on any atom is 0.261 e. The van der Waals surface area contributed by atoms with E-state index in [9.17, 15) is 14.0 Å². The van der Waals surface area contributed by atoms with Crippen molar-refractivity contribution < 1.29 is 23.5 Å². The van der Waals surface area contributed by atoms with Crippen LogP contribution in [0.2, 0.25) is 0 Å². The van der Waals surface area contributed by atoms with Crippen LogP contribution in [-0.4, -0.2) is 43.0 Å². The zero-order valence-electron chi connectivity index (χ0n) is 17.7. The molecule has 2 amide bonds. The van der Waals surface area contributed by atoms with Crippen LogP contribution in [0, 0.1) is 5.82 Å². The Labute approximate surface area is 177 Å². The second-order valence-corrected chi connectivity index (χ2v) is 6.93. The number of carbonyl (C=O) groups excluding carboxylic acids is 2. The van der Waals surface area contributed by atoms with Gasteiger partial charge in [-0.25, -0.2) is 4.39 Å². The second-order valence-electron chi connectivity index (χ2n) is 6.93. The molecular formula is C23H29FN2O4. The summed E-state index contributed by atoms with van der Waals surface area (Å²) in [6, 6.07) is 12.1. The van der Waals surface area contributed by atoms with Crippen LogP contribution in [0.4, 0.5) is 4.39 Å². The quantitative estimate of drug-likeness (QED) is 0.569. The van der Waals surface area contributed by atoms with Gasteiger partial charge in [-0.3, -0.25) is 9.59 Å². The summed E-state index contributed by atoms with van der Waals surface area (Å²) in [6.07, 6.45) is 1.84. The third kappa shape index (κ3) is 7.06. The third-order valence-corrected chi connectivity index (χ3v) is 4.68. The molecule has 0 unspecified atom stereocenters. The predicted molar refractivity (Wildman–Crippen MR) is 113 cm³/mol. The van der Waals surface area contributed by atoms with E-state index in [2.05, 4.69) is 5.32 Å². The maximum atomic E-state index is 13.0. The molecule has 0 spiro atoms. The molecule has 0 aliphatic carbocycles. The number of halogens is 1. The molecule has 0 aromatic heterocycles. The summed E-state index contributed by atoms with van der Waals surface area (Å²) < 4.78 is 23.7. The molecule has 0 saturated heterocycles. The van der Waals surface area contributed by atoms with Crippen molar-refractivity contribution in [1.29, 1.82) is 0 Å². The average molecular weight is 416 g/mol. The van der Waals surface area contributed by atoms with E-state index in [1.807, 2.05) is 19.1 Å². The maximum absolute atomic E-state index is 13.0. The molecule has 162 valence electrons. The third-order valence-electron chi connectivity index (χ3n) is 4.68. The first-order chi connectivity index (χ1) is 14.4. The molecule has 0 aliphatic heterocycles. The van der Waals surface area contributed by atoms with Crippen molar-refractivity contribution in [3.63, 3.8) is 0 Å². The molecule has 7 heteroatoms. The number of benzene rings is 2. The SMILES string of the molecule is CCCCNC(=O)[C@H](C)N(Cc1ccc(OC)cc1)C(=O)COc1ccc(F)cc1. The Bertz CT molecular complexity index is 809. The van der Waals surface area contributed by atoms with Crippen molar-refractivity contribution in [2.24, 2.45) is 0 Å². The van der Waals surface area contributed by atoms with Crippen LogP contribution in [0.3, 0.4) is 0 Å². The van der Waals surface area contributed by atoms with E-state index < -0.39 is 6.04 Å². The molecule has 1 N–H and O–H groups in total. The minimum Gasteiger partial charge on any atom is -0.497 e. The zero-order valence-corrected chi connectivity index (χ0v) is 17.7. The van der Waals surface area contributed by atoms with Crippen molar-refractivity contribution >= 4 is 11.8 Å². The zero-order chi connectivity index (χ0) is 21.9. The lowest BCUT2D eigenvalue weighted by atomic mass is 10.1. The van der Waals surface area contributed by atoms with Crippen LogP contribution >= 0.6 is 0 Å². The highest BCUT2D eigenvalue weighted by atomic mass is 19.1. The van der Waals surface area contributed by atoms with Crippen LogP contribution in [0.25, 0.3) is 0 Å². The first kappa shape index (κ1) is 23.2. The highest BCUT2D eigenvalue weighted by Crippen LogP contribution is 2.16. The van der Waals surface area contributed by atoms with Crippen molar-refractivity contribution in [3.05, 3.63) is 59.9 Å². The predicted octanol–water partition coefficient (Wildman–Crippen LogP) is 3.55. The molecular weight excluding hydrogens is 387 g/mol. The molecule has 0 fully saturated rings. The summed E-state index contributed by atoms with van der Waals surface area (Å²) >= 11 is 0. The summed E-state index contributed by atoms with van der Waals surface area (Å²) in [4.78, 5) is 26.9. The van der Waals surface area contributed by atoms with E-state index >= 15 is 0 Å². The fourth-order valence-corrected chi connectivity index (χ4v) is 2.81. The van der Waals surface area contributed by atoms with Gasteiger partial charge in [0.05, 0.1) is 7.11 Å². The van der Waals surface area contributed by atoms with E-state index in [4.69, 9.17) is 9.47 Å². The van der Waals surface area contributed by atoms with Gasteiger partial charge in [-0.05, 0) is 55.3 Å². The van der Waals surface area contributed by atoms with Gasteiger partial charge in [0.15, 0.2) is 6.61 Å². The minimum atomic E-state index is -0.673.